The predicted molar refractivity (Wildman–Crippen MR) is 371 cm³/mol. The first kappa shape index (κ1) is 121. The molecule has 0 aromatic heterocycles. The highest BCUT2D eigenvalue weighted by Crippen LogP contribution is 2.47. The van der Waals surface area contributed by atoms with E-state index in [-0.39, 0.29) is 109 Å². The van der Waals surface area contributed by atoms with Crippen LogP contribution < -0.4 is 0 Å². The lowest BCUT2D eigenvalue weighted by Crippen LogP contribution is -2.24. The lowest BCUT2D eigenvalue weighted by Gasteiger charge is -2.21. The van der Waals surface area contributed by atoms with Gasteiger partial charge in [-0.15, -0.1) is 0 Å². The average Bonchev–Trinajstić information content (AvgIpc) is 0.880. The van der Waals surface area contributed by atoms with Crippen LogP contribution in [-0.2, 0) is 123 Å². The molecule has 0 aromatic carbocycles. The summed E-state index contributed by atoms with van der Waals surface area (Å²) in [7, 11) is -33.2. The van der Waals surface area contributed by atoms with E-state index in [0.717, 1.165) is 0 Å². The van der Waals surface area contributed by atoms with Crippen LogP contribution in [0.2, 0.25) is 0 Å². The second-order valence-corrected chi connectivity index (χ2v) is 38.2. The van der Waals surface area contributed by atoms with E-state index < -0.39 is 254 Å². The van der Waals surface area contributed by atoms with Crippen molar-refractivity contribution in [2.24, 2.45) is 35.5 Å². The van der Waals surface area contributed by atoms with Gasteiger partial charge in [0.2, 0.25) is 22.1 Å². The Bertz CT molecular complexity index is 3420. The van der Waals surface area contributed by atoms with Gasteiger partial charge in [0.1, 0.15) is 12.7 Å². The van der Waals surface area contributed by atoms with Crippen molar-refractivity contribution in [2.75, 3.05) is 68.2 Å². The smallest absolute Gasteiger partial charge is 0.466 e. The Balaban J connectivity index is -0.000000190. The molecule has 54 nitrogen and oxygen atoms in total. The average molecular weight is 1820 g/mol. The standard InChI is InChI=1S/C12H19O10P.C9H15O8P.C9H17O6P.C7H13O7P.C6H11O7P.C5H9O7P.C3H7O5P.H3O4P/c13-7-22-9(2-4-11(16)17)6-23(20,21)5-8(12(18)19)1-3-10(14)15;10-6-17-3-4-18(15,16)5-7(9(13)14)1-2-8(11)12;1-2-5-16(14,15)6-7(9(12)13)3-4-8(10)11;8-6(9)3-1-2-5(7(10)11)4-15(12,13)14;7-5(8)2-1-4(6(9)10)3-14(11,12)13;6-4(7)1-3(5(8)9)2-13(10,11)12;4-3(5)1-2-9(6,7)8;1-5(2,3)4/h7-9H,1-6H2,(H,14,15)(H,16,17)(H,18,19)(H,20,21);6-7H,1-5H2,(H,11,12)(H,13,14)(H,15,16);7H,2-6H2,1H3,(H,10,11)(H,12,13)(H,14,15);5H,1-4H2,(H,8,9)(H,10,11)(H2,12,13,14);4H,1-3H2,(H,7,8)(H,9,10)(H2,11,12,13);3H,1-2H2,(H,6,7)(H,8,9)(H2,10,11,12);1-2H2,(H,4,5)(H2,6,7,8);(H3,1,2,3,4). The Morgan fingerprint density at radius 3 is 0.796 bits per heavy atom. The van der Waals surface area contributed by atoms with Gasteiger partial charge in [0.05, 0.1) is 85.3 Å². The Labute approximate surface area is 637 Å². The number of carboxylic acid groups (broad SMARTS) is 14. The van der Waals surface area contributed by atoms with Crippen molar-refractivity contribution in [3.8, 4) is 0 Å². The number of ether oxygens (including phenoxy) is 2. The summed E-state index contributed by atoms with van der Waals surface area (Å²) in [6, 6.07) is 0. The highest BCUT2D eigenvalue weighted by molar-refractivity contribution is 7.58. The van der Waals surface area contributed by atoms with Crippen LogP contribution in [0.1, 0.15) is 110 Å². The van der Waals surface area contributed by atoms with E-state index in [4.69, 9.17) is 130 Å². The molecule has 10 unspecified atom stereocenters. The van der Waals surface area contributed by atoms with E-state index in [9.17, 15) is 123 Å². The molecule has 662 valence electrons. The zero-order valence-electron chi connectivity index (χ0n) is 59.0. The summed E-state index contributed by atoms with van der Waals surface area (Å²) in [4.78, 5) is 283. The second-order valence-electron chi connectivity index (χ2n) is 22.9. The first-order valence-electron chi connectivity index (χ1n) is 30.9. The van der Waals surface area contributed by atoms with Gasteiger partial charge in [-0.1, -0.05) is 6.92 Å². The zero-order chi connectivity index (χ0) is 91.0. The van der Waals surface area contributed by atoms with E-state index in [1.807, 2.05) is 0 Å². The minimum atomic E-state index is -4.64. The summed E-state index contributed by atoms with van der Waals surface area (Å²) in [6.45, 7) is 1.60. The van der Waals surface area contributed by atoms with E-state index in [1.165, 1.54) is 0 Å². The predicted octanol–water partition coefficient (Wildman–Crippen LogP) is -0.644. The molecule has 0 aliphatic carbocycles. The minimum absolute atomic E-state index is 0.0195. The van der Waals surface area contributed by atoms with Crippen molar-refractivity contribution < 1.29 is 263 Å². The van der Waals surface area contributed by atoms with Crippen molar-refractivity contribution in [1.82, 2.24) is 0 Å². The first-order valence-corrected chi connectivity index (χ1v) is 45.7. The largest absolute Gasteiger partial charge is 0.481 e. The molecule has 0 heterocycles. The van der Waals surface area contributed by atoms with Crippen LogP contribution in [0.5, 0.6) is 0 Å². The molecule has 0 spiro atoms. The van der Waals surface area contributed by atoms with Gasteiger partial charge in [-0.25, -0.2) is 4.57 Å². The number of hydrogen-bond acceptors (Lipinski definition) is 26. The quantitative estimate of drug-likeness (QED) is 0.0204. The van der Waals surface area contributed by atoms with Crippen LogP contribution in [0, 0.1) is 35.5 Å². The molecule has 28 N–H and O–H groups in total. The highest BCUT2D eigenvalue weighted by atomic mass is 31.2. The fraction of sp³-hybridized carbons (Fsp3) is 0.686. The molecule has 0 amide bonds. The van der Waals surface area contributed by atoms with Crippen LogP contribution in [0.3, 0.4) is 0 Å². The number of carboxylic acids is 14. The Kier molecular flexibility index (Phi) is 66.8. The van der Waals surface area contributed by atoms with Gasteiger partial charge in [-0.3, -0.25) is 109 Å². The van der Waals surface area contributed by atoms with Crippen LogP contribution in [0.4, 0.5) is 0 Å². The van der Waals surface area contributed by atoms with Gasteiger partial charge in [-0.2, -0.15) is 0 Å². The molecular formula is C51H94O54P8. The number of hydrogen-bond donors (Lipinski definition) is 28. The lowest BCUT2D eigenvalue weighted by atomic mass is 10.0. The third-order valence-electron chi connectivity index (χ3n) is 12.4. The Hall–Kier alpha value is -7.20. The molecule has 0 saturated heterocycles. The van der Waals surface area contributed by atoms with Crippen molar-refractivity contribution in [2.45, 2.75) is 116 Å². The van der Waals surface area contributed by atoms with Gasteiger partial charge in [-0.05, 0) is 51.4 Å². The number of phosphoric acid groups is 1. The molecule has 10 atom stereocenters. The topological polar surface area (TPSA) is 995 Å². The molecule has 0 aromatic rings. The van der Waals surface area contributed by atoms with Gasteiger partial charge in [0.15, 0.2) is 0 Å². The molecule has 0 rings (SSSR count). The Morgan fingerprint density at radius 2 is 0.558 bits per heavy atom. The molecule has 0 bridgehead atoms. The van der Waals surface area contributed by atoms with Crippen LogP contribution in [0.25, 0.3) is 0 Å². The molecule has 0 radical (unpaired) electrons. The SMILES string of the molecule is CCCP(=O)(O)CC(CCC(=O)O)C(=O)O.O=C(O)CC(CP(=O)(O)O)C(=O)O.O=C(O)CCC(CP(=O)(O)O)C(=O)O.O=C(O)CCCC(CP(=O)(O)O)C(=O)O.O=C(O)CCP(=O)(O)O.O=COC(CCC(=O)O)CP(=O)(O)CC(CCC(=O)O)C(=O)O.O=COCCP(=O)(O)CC(CCC(=O)O)C(=O)O.O=P(O)(O)O. The van der Waals surface area contributed by atoms with E-state index in [0.29, 0.717) is 6.42 Å². The van der Waals surface area contributed by atoms with Crippen LogP contribution in [0.15, 0.2) is 0 Å². The maximum Gasteiger partial charge on any atom is 0.466 e. The lowest BCUT2D eigenvalue weighted by molar-refractivity contribution is -0.147. The first-order chi connectivity index (χ1) is 50.7. The molecule has 0 aliphatic heterocycles. The van der Waals surface area contributed by atoms with E-state index in [1.54, 1.807) is 6.92 Å². The molecule has 0 saturated carbocycles. The summed E-state index contributed by atoms with van der Waals surface area (Å²) < 4.78 is 94.3. The summed E-state index contributed by atoms with van der Waals surface area (Å²) in [5.74, 6) is -25.3. The molecule has 62 heteroatoms. The third kappa shape index (κ3) is 98.9. The maximum absolute atomic E-state index is 12.1. The number of carbonyl (C=O) groups is 16. The Morgan fingerprint density at radius 1 is 0.292 bits per heavy atom. The van der Waals surface area contributed by atoms with Crippen molar-refractivity contribution in [3.63, 3.8) is 0 Å². The minimum Gasteiger partial charge on any atom is -0.481 e. The molecule has 0 aliphatic rings. The summed E-state index contributed by atoms with van der Waals surface area (Å²) in [6.07, 6.45) is -10.7. The summed E-state index contributed by atoms with van der Waals surface area (Å²) >= 11 is 0. The fourth-order valence-corrected chi connectivity index (χ4v) is 16.2. The summed E-state index contributed by atoms with van der Waals surface area (Å²) in [5, 5.41) is 119. The highest BCUT2D eigenvalue weighted by Gasteiger charge is 2.35. The van der Waals surface area contributed by atoms with E-state index in [2.05, 4.69) is 9.47 Å². The maximum atomic E-state index is 12.1. The zero-order valence-corrected chi connectivity index (χ0v) is 66.2. The number of rotatable bonds is 52. The third-order valence-corrected chi connectivity index (χ3v) is 22.0. The summed E-state index contributed by atoms with van der Waals surface area (Å²) in [5.41, 5.74) is 0. The molecule has 0 fully saturated rings. The van der Waals surface area contributed by atoms with Gasteiger partial charge in [0.25, 0.3) is 12.9 Å². The van der Waals surface area contributed by atoms with E-state index >= 15 is 0 Å². The van der Waals surface area contributed by atoms with Crippen molar-refractivity contribution in [1.29, 1.82) is 0 Å². The van der Waals surface area contributed by atoms with Crippen molar-refractivity contribution in [3.05, 3.63) is 0 Å². The van der Waals surface area contributed by atoms with Gasteiger partial charge in [0, 0.05) is 63.2 Å². The number of carbonyl (C=O) groups excluding carboxylic acids is 2. The van der Waals surface area contributed by atoms with Gasteiger partial charge >= 0.3 is 122 Å². The molecule has 113 heavy (non-hydrogen) atoms. The fourth-order valence-electron chi connectivity index (χ4n) is 7.46. The van der Waals surface area contributed by atoms with Crippen molar-refractivity contribution >= 4 is 157 Å². The van der Waals surface area contributed by atoms with Crippen LogP contribution >= 0.6 is 60.3 Å². The molecular weight excluding hydrogens is 1720 g/mol. The monoisotopic (exact) mass is 1820 g/mol. The normalized spacial score (nSPS) is 14.5. The second kappa shape index (κ2) is 62.1. The van der Waals surface area contributed by atoms with Gasteiger partial charge < -0.3 is 149 Å². The van der Waals surface area contributed by atoms with Crippen LogP contribution in [-0.4, -0.2) is 311 Å². The number of aliphatic carboxylic acids is 14.